The minimum atomic E-state index is -0.145. The van der Waals surface area contributed by atoms with E-state index in [9.17, 15) is 4.79 Å². The Morgan fingerprint density at radius 2 is 2.18 bits per heavy atom. The van der Waals surface area contributed by atoms with Crippen LogP contribution >= 0.6 is 0 Å². The highest BCUT2D eigenvalue weighted by Crippen LogP contribution is 2.09. The van der Waals surface area contributed by atoms with Crippen LogP contribution in [0.4, 0.5) is 0 Å². The molecular weight excluding hydrogens is 218 g/mol. The average Bonchev–Trinajstić information content (AvgIpc) is 2.79. The van der Waals surface area contributed by atoms with Crippen molar-refractivity contribution in [3.63, 3.8) is 0 Å². The van der Waals surface area contributed by atoms with Gasteiger partial charge in [-0.25, -0.2) is 4.68 Å². The molecule has 1 atom stereocenters. The molecular formula is C11H19N5O. The lowest BCUT2D eigenvalue weighted by atomic mass is 10.1. The second-order valence-corrected chi connectivity index (χ2v) is 4.57. The Morgan fingerprint density at radius 1 is 1.47 bits per heavy atom. The van der Waals surface area contributed by atoms with E-state index in [0.29, 0.717) is 0 Å². The lowest BCUT2D eigenvalue weighted by molar-refractivity contribution is -0.132. The van der Waals surface area contributed by atoms with Gasteiger partial charge in [-0.2, -0.15) is 0 Å². The molecule has 0 bridgehead atoms. The summed E-state index contributed by atoms with van der Waals surface area (Å²) in [5, 5.41) is 7.84. The van der Waals surface area contributed by atoms with Gasteiger partial charge in [0.2, 0.25) is 5.91 Å². The van der Waals surface area contributed by atoms with Crippen molar-refractivity contribution in [1.82, 2.24) is 19.9 Å². The van der Waals surface area contributed by atoms with E-state index in [1.54, 1.807) is 10.9 Å². The number of hydrogen-bond acceptors (Lipinski definition) is 4. The third-order valence-corrected chi connectivity index (χ3v) is 3.03. The molecule has 0 spiro atoms. The molecule has 2 rings (SSSR count). The molecule has 94 valence electrons. The molecule has 17 heavy (non-hydrogen) atoms. The second kappa shape index (κ2) is 5.27. The zero-order chi connectivity index (χ0) is 12.3. The molecule has 0 aliphatic carbocycles. The Hall–Kier alpha value is -1.43. The zero-order valence-electron chi connectivity index (χ0n) is 10.2. The first-order valence-corrected chi connectivity index (χ1v) is 6.10. The summed E-state index contributed by atoms with van der Waals surface area (Å²) in [5.41, 5.74) is 6.41. The molecule has 1 fully saturated rings. The first kappa shape index (κ1) is 12.0. The van der Waals surface area contributed by atoms with Gasteiger partial charge in [-0.1, -0.05) is 5.21 Å². The highest BCUT2D eigenvalue weighted by atomic mass is 16.2. The summed E-state index contributed by atoms with van der Waals surface area (Å²) in [6.07, 6.45) is 5.18. The molecule has 1 aliphatic rings. The number of likely N-dealkylation sites (tertiary alicyclic amines) is 1. The number of aromatic nitrogens is 3. The summed E-state index contributed by atoms with van der Waals surface area (Å²) in [7, 11) is 0. The summed E-state index contributed by atoms with van der Waals surface area (Å²) in [4.78, 5) is 13.9. The SMILES string of the molecule is CC(N)c1cn(CC(=O)N2CCCCC2)nn1. The molecule has 6 nitrogen and oxygen atoms in total. The normalized spacial score (nSPS) is 18.1. The third-order valence-electron chi connectivity index (χ3n) is 3.03. The zero-order valence-corrected chi connectivity index (χ0v) is 10.2. The van der Waals surface area contributed by atoms with Crippen LogP contribution in [-0.2, 0) is 11.3 Å². The van der Waals surface area contributed by atoms with Gasteiger partial charge in [-0.15, -0.1) is 5.10 Å². The lowest BCUT2D eigenvalue weighted by Crippen LogP contribution is -2.37. The van der Waals surface area contributed by atoms with E-state index in [1.807, 2.05) is 11.8 Å². The van der Waals surface area contributed by atoms with Gasteiger partial charge in [0.05, 0.1) is 11.9 Å². The van der Waals surface area contributed by atoms with Crippen molar-refractivity contribution in [1.29, 1.82) is 0 Å². The van der Waals surface area contributed by atoms with Crippen molar-refractivity contribution < 1.29 is 4.79 Å². The molecule has 2 N–H and O–H groups in total. The molecule has 1 saturated heterocycles. The average molecular weight is 237 g/mol. The van der Waals surface area contributed by atoms with Gasteiger partial charge in [-0.05, 0) is 26.2 Å². The summed E-state index contributed by atoms with van der Waals surface area (Å²) in [5.74, 6) is 0.117. The van der Waals surface area contributed by atoms with Crippen molar-refractivity contribution in [2.45, 2.75) is 38.8 Å². The molecule has 1 aromatic rings. The van der Waals surface area contributed by atoms with Gasteiger partial charge < -0.3 is 10.6 Å². The molecule has 1 aliphatic heterocycles. The van der Waals surface area contributed by atoms with Crippen LogP contribution in [0, 0.1) is 0 Å². The second-order valence-electron chi connectivity index (χ2n) is 4.57. The maximum Gasteiger partial charge on any atom is 0.244 e. The largest absolute Gasteiger partial charge is 0.341 e. The molecule has 2 heterocycles. The molecule has 6 heteroatoms. The van der Waals surface area contributed by atoms with Crippen LogP contribution in [0.25, 0.3) is 0 Å². The van der Waals surface area contributed by atoms with E-state index in [2.05, 4.69) is 10.3 Å². The number of rotatable bonds is 3. The van der Waals surface area contributed by atoms with Crippen LogP contribution in [0.5, 0.6) is 0 Å². The maximum absolute atomic E-state index is 12.0. The topological polar surface area (TPSA) is 77.0 Å². The summed E-state index contributed by atoms with van der Waals surface area (Å²) in [6.45, 7) is 3.85. The Bertz CT molecular complexity index is 381. The highest BCUT2D eigenvalue weighted by molar-refractivity contribution is 5.75. The predicted molar refractivity (Wildman–Crippen MR) is 63.1 cm³/mol. The van der Waals surface area contributed by atoms with Crippen LogP contribution < -0.4 is 5.73 Å². The molecule has 1 amide bonds. The van der Waals surface area contributed by atoms with Crippen LogP contribution in [0.1, 0.15) is 37.9 Å². The third kappa shape index (κ3) is 3.03. The summed E-state index contributed by atoms with van der Waals surface area (Å²) >= 11 is 0. The van der Waals surface area contributed by atoms with Crippen molar-refractivity contribution in [3.8, 4) is 0 Å². The van der Waals surface area contributed by atoms with Crippen LogP contribution in [-0.4, -0.2) is 38.9 Å². The van der Waals surface area contributed by atoms with Crippen molar-refractivity contribution in [2.75, 3.05) is 13.1 Å². The molecule has 0 saturated carbocycles. The first-order chi connectivity index (χ1) is 8.16. The Balaban J connectivity index is 1.92. The number of carbonyl (C=O) groups excluding carboxylic acids is 1. The minimum Gasteiger partial charge on any atom is -0.341 e. The van der Waals surface area contributed by atoms with Crippen LogP contribution in [0.15, 0.2) is 6.20 Å². The fourth-order valence-corrected chi connectivity index (χ4v) is 1.98. The van der Waals surface area contributed by atoms with E-state index in [1.165, 1.54) is 6.42 Å². The molecule has 0 radical (unpaired) electrons. The van der Waals surface area contributed by atoms with E-state index in [0.717, 1.165) is 31.6 Å². The Labute approximate surface area is 101 Å². The maximum atomic E-state index is 12.0. The van der Waals surface area contributed by atoms with Crippen molar-refractivity contribution >= 4 is 5.91 Å². The Kier molecular flexibility index (Phi) is 3.73. The smallest absolute Gasteiger partial charge is 0.244 e. The minimum absolute atomic E-state index is 0.117. The van der Waals surface area contributed by atoms with Gasteiger partial charge >= 0.3 is 0 Å². The van der Waals surface area contributed by atoms with Crippen LogP contribution in [0.2, 0.25) is 0 Å². The van der Waals surface area contributed by atoms with Gasteiger partial charge in [-0.3, -0.25) is 4.79 Å². The standard InChI is InChI=1S/C11H19N5O/c1-9(12)10-7-16(14-13-10)8-11(17)15-5-3-2-4-6-15/h7,9H,2-6,8,12H2,1H3. The van der Waals surface area contributed by atoms with E-state index in [-0.39, 0.29) is 18.5 Å². The summed E-state index contributed by atoms with van der Waals surface area (Å²) < 4.78 is 1.57. The van der Waals surface area contributed by atoms with Crippen LogP contribution in [0.3, 0.4) is 0 Å². The first-order valence-electron chi connectivity index (χ1n) is 6.10. The van der Waals surface area contributed by atoms with Crippen molar-refractivity contribution in [3.05, 3.63) is 11.9 Å². The molecule has 1 aromatic heterocycles. The number of nitrogens with zero attached hydrogens (tertiary/aromatic N) is 4. The quantitative estimate of drug-likeness (QED) is 0.820. The van der Waals surface area contributed by atoms with Gasteiger partial charge in [0, 0.05) is 19.1 Å². The van der Waals surface area contributed by atoms with Crippen molar-refractivity contribution in [2.24, 2.45) is 5.73 Å². The summed E-state index contributed by atoms with van der Waals surface area (Å²) in [6, 6.07) is -0.145. The number of nitrogens with two attached hydrogens (primary N) is 1. The predicted octanol–water partition coefficient (Wildman–Crippen LogP) is 0.310. The molecule has 1 unspecified atom stereocenters. The Morgan fingerprint density at radius 3 is 2.76 bits per heavy atom. The lowest BCUT2D eigenvalue weighted by Gasteiger charge is -2.26. The van der Waals surface area contributed by atoms with E-state index >= 15 is 0 Å². The molecule has 0 aromatic carbocycles. The van der Waals surface area contributed by atoms with E-state index in [4.69, 9.17) is 5.73 Å². The fraction of sp³-hybridized carbons (Fsp3) is 0.727. The monoisotopic (exact) mass is 237 g/mol. The van der Waals surface area contributed by atoms with Gasteiger partial charge in [0.15, 0.2) is 0 Å². The highest BCUT2D eigenvalue weighted by Gasteiger charge is 2.17. The number of amides is 1. The van der Waals surface area contributed by atoms with Gasteiger partial charge in [0.25, 0.3) is 0 Å². The number of piperidine rings is 1. The number of carbonyl (C=O) groups is 1. The van der Waals surface area contributed by atoms with Gasteiger partial charge in [0.1, 0.15) is 6.54 Å². The fourth-order valence-electron chi connectivity index (χ4n) is 1.98. The van der Waals surface area contributed by atoms with E-state index < -0.39 is 0 Å². The number of hydrogen-bond donors (Lipinski definition) is 1.